The molecule has 230 valence electrons. The van der Waals surface area contributed by atoms with Crippen molar-refractivity contribution in [1.29, 1.82) is 0 Å². The van der Waals surface area contributed by atoms with Crippen LogP contribution in [0.5, 0.6) is 5.75 Å². The number of aryl methyl sites for hydroxylation is 2. The van der Waals surface area contributed by atoms with Gasteiger partial charge >= 0.3 is 0 Å². The van der Waals surface area contributed by atoms with E-state index < -0.39 is 10.0 Å². The van der Waals surface area contributed by atoms with Gasteiger partial charge in [-0.1, -0.05) is 32.6 Å². The maximum absolute atomic E-state index is 13.5. The van der Waals surface area contributed by atoms with E-state index in [2.05, 4.69) is 26.5 Å². The number of morpholine rings is 1. The van der Waals surface area contributed by atoms with Gasteiger partial charge in [0, 0.05) is 30.9 Å². The number of nitrogens with zero attached hydrogens (tertiary/aromatic N) is 4. The Hall–Kier alpha value is -3.90. The number of hydrogen-bond acceptors (Lipinski definition) is 8. The Morgan fingerprint density at radius 1 is 1.02 bits per heavy atom. The largest absolute Gasteiger partial charge is 0.493 e. The first-order valence-electron chi connectivity index (χ1n) is 15.0. The van der Waals surface area contributed by atoms with Gasteiger partial charge in [-0.25, -0.2) is 17.9 Å². The van der Waals surface area contributed by atoms with Crippen LogP contribution in [0.1, 0.15) is 57.5 Å². The summed E-state index contributed by atoms with van der Waals surface area (Å²) in [5, 5.41) is 4.74. The Bertz CT molecular complexity index is 1710. The molecule has 12 heteroatoms. The number of aromatic nitrogens is 4. The van der Waals surface area contributed by atoms with E-state index in [4.69, 9.17) is 14.6 Å². The average molecular weight is 609 g/mol. The topological polar surface area (TPSA) is 131 Å². The molecule has 2 aromatic heterocycles. The van der Waals surface area contributed by atoms with E-state index in [9.17, 15) is 13.2 Å². The van der Waals surface area contributed by atoms with Crippen LogP contribution in [0.3, 0.4) is 0 Å². The number of ether oxygens (including phenoxy) is 2. The summed E-state index contributed by atoms with van der Waals surface area (Å²) in [5.74, 6) is 1.33. The summed E-state index contributed by atoms with van der Waals surface area (Å²) in [4.78, 5) is 22.9. The number of fused-ring (bicyclic) bond motifs is 1. The van der Waals surface area contributed by atoms with Crippen LogP contribution in [-0.2, 0) is 21.2 Å². The van der Waals surface area contributed by atoms with Crippen LogP contribution in [0, 0.1) is 6.92 Å². The molecule has 11 nitrogen and oxygen atoms in total. The number of rotatable bonds is 13. The molecular weight excluding hydrogens is 568 g/mol. The summed E-state index contributed by atoms with van der Waals surface area (Å²) in [6, 6.07) is 11.8. The lowest BCUT2D eigenvalue weighted by molar-refractivity contribution is 0.122. The van der Waals surface area contributed by atoms with Crippen LogP contribution in [0.2, 0.25) is 0 Å². The third kappa shape index (κ3) is 7.02. The quantitative estimate of drug-likeness (QED) is 0.204. The van der Waals surface area contributed by atoms with E-state index in [0.717, 1.165) is 38.0 Å². The van der Waals surface area contributed by atoms with Crippen LogP contribution < -0.4 is 19.9 Å². The molecule has 43 heavy (non-hydrogen) atoms. The summed E-state index contributed by atoms with van der Waals surface area (Å²) < 4.78 is 42.5. The molecule has 0 amide bonds. The average Bonchev–Trinajstić information content (AvgIpc) is 3.33. The molecule has 0 aliphatic carbocycles. The molecule has 2 aromatic carbocycles. The van der Waals surface area contributed by atoms with E-state index in [1.807, 2.05) is 19.1 Å². The highest BCUT2D eigenvalue weighted by molar-refractivity contribution is 7.92. The van der Waals surface area contributed by atoms with Gasteiger partial charge in [-0.15, -0.1) is 5.10 Å². The molecule has 0 atom stereocenters. The number of imidazole rings is 1. The summed E-state index contributed by atoms with van der Waals surface area (Å²) in [6.45, 7) is 9.09. The van der Waals surface area contributed by atoms with Crippen molar-refractivity contribution in [3.8, 4) is 17.1 Å². The zero-order valence-electron chi connectivity index (χ0n) is 25.1. The molecule has 4 aromatic rings. The number of hydrogen-bond donors (Lipinski definition) is 2. The molecule has 1 fully saturated rings. The first-order valence-corrected chi connectivity index (χ1v) is 16.5. The second-order valence-corrected chi connectivity index (χ2v) is 12.4. The molecule has 0 radical (unpaired) electrons. The Kier molecular flexibility index (Phi) is 9.66. The molecule has 1 aliphatic rings. The normalized spacial score (nSPS) is 13.9. The van der Waals surface area contributed by atoms with Crippen molar-refractivity contribution in [2.75, 3.05) is 42.5 Å². The summed E-state index contributed by atoms with van der Waals surface area (Å²) in [5.41, 5.74) is 2.46. The minimum Gasteiger partial charge on any atom is -0.493 e. The fraction of sp³-hybridized carbons (Fsp3) is 0.452. The van der Waals surface area contributed by atoms with E-state index >= 15 is 0 Å². The number of anilines is 2. The van der Waals surface area contributed by atoms with Crippen LogP contribution in [0.15, 0.2) is 52.2 Å². The van der Waals surface area contributed by atoms with Crippen molar-refractivity contribution in [1.82, 2.24) is 19.6 Å². The van der Waals surface area contributed by atoms with Crippen molar-refractivity contribution >= 4 is 26.9 Å². The van der Waals surface area contributed by atoms with Crippen LogP contribution in [0.4, 0.5) is 11.4 Å². The van der Waals surface area contributed by atoms with Gasteiger partial charge < -0.3 is 19.4 Å². The molecule has 0 unspecified atom stereocenters. The van der Waals surface area contributed by atoms with Gasteiger partial charge in [0.2, 0.25) is 0 Å². The predicted molar refractivity (Wildman–Crippen MR) is 168 cm³/mol. The highest BCUT2D eigenvalue weighted by atomic mass is 32.2. The number of unbranched alkanes of at least 4 members (excludes halogenated alkanes) is 4. The van der Waals surface area contributed by atoms with Gasteiger partial charge in [0.25, 0.3) is 15.6 Å². The summed E-state index contributed by atoms with van der Waals surface area (Å²) in [6.07, 6.45) is 6.23. The number of H-pyrrole nitrogens is 1. The SMILES string of the molecule is CCCCCCCc1nc(C)c2c(=O)[nH]c(-c3cc(S(=O)(=O)Nc4ccc(N5CCOCC5)cc4)ccc3OCC)nn12. The molecule has 0 spiro atoms. The Balaban J connectivity index is 1.45. The molecule has 5 rings (SSSR count). The lowest BCUT2D eigenvalue weighted by atomic mass is 10.1. The summed E-state index contributed by atoms with van der Waals surface area (Å²) >= 11 is 0. The zero-order valence-corrected chi connectivity index (χ0v) is 25.9. The lowest BCUT2D eigenvalue weighted by Gasteiger charge is -2.28. The van der Waals surface area contributed by atoms with Gasteiger partial charge in [0.05, 0.1) is 36.0 Å². The van der Waals surface area contributed by atoms with Crippen LogP contribution in [-0.4, -0.2) is 60.9 Å². The van der Waals surface area contributed by atoms with Gasteiger partial charge in [-0.05, 0) is 62.7 Å². The van der Waals surface area contributed by atoms with Crippen LogP contribution >= 0.6 is 0 Å². The van der Waals surface area contributed by atoms with Gasteiger partial charge in [-0.3, -0.25) is 9.52 Å². The van der Waals surface area contributed by atoms with E-state index in [-0.39, 0.29) is 16.3 Å². The Morgan fingerprint density at radius 2 is 1.77 bits per heavy atom. The van der Waals surface area contributed by atoms with E-state index in [0.29, 0.717) is 60.3 Å². The molecule has 1 aliphatic heterocycles. The van der Waals surface area contributed by atoms with Crippen LogP contribution in [0.25, 0.3) is 16.9 Å². The van der Waals surface area contributed by atoms with Crippen molar-refractivity contribution in [3.05, 3.63) is 64.3 Å². The fourth-order valence-corrected chi connectivity index (χ4v) is 6.41. The minimum absolute atomic E-state index is 0.0175. The number of sulfonamides is 1. The van der Waals surface area contributed by atoms with Gasteiger partial charge in [-0.2, -0.15) is 0 Å². The van der Waals surface area contributed by atoms with E-state index in [1.54, 1.807) is 29.6 Å². The number of nitrogens with one attached hydrogen (secondary N) is 2. The van der Waals surface area contributed by atoms with Gasteiger partial charge in [0.1, 0.15) is 11.6 Å². The monoisotopic (exact) mass is 608 g/mol. The third-order valence-electron chi connectivity index (χ3n) is 7.56. The third-order valence-corrected chi connectivity index (χ3v) is 8.94. The molecular formula is C31H40N6O5S. The molecule has 0 bridgehead atoms. The zero-order chi connectivity index (χ0) is 30.4. The smallest absolute Gasteiger partial charge is 0.277 e. The number of aromatic amines is 1. The van der Waals surface area contributed by atoms with Crippen molar-refractivity contribution < 1.29 is 17.9 Å². The Morgan fingerprint density at radius 3 is 2.49 bits per heavy atom. The number of benzene rings is 2. The standard InChI is InChI=1S/C31H40N6O5S/c1-4-6-7-8-9-10-28-32-22(3)29-31(38)33-30(34-37(28)29)26-21-25(15-16-27(26)42-5-2)43(39,40)35-23-11-13-24(14-12-23)36-17-19-41-20-18-36/h11-16,21,35H,4-10,17-20H2,1-3H3,(H,33,34,38). The second-order valence-electron chi connectivity index (χ2n) is 10.7. The molecule has 1 saturated heterocycles. The van der Waals surface area contributed by atoms with Crippen molar-refractivity contribution in [2.24, 2.45) is 0 Å². The molecule has 2 N–H and O–H groups in total. The predicted octanol–water partition coefficient (Wildman–Crippen LogP) is 4.94. The first-order chi connectivity index (χ1) is 20.8. The maximum atomic E-state index is 13.5. The fourth-order valence-electron chi connectivity index (χ4n) is 5.32. The second kappa shape index (κ2) is 13.6. The maximum Gasteiger partial charge on any atom is 0.277 e. The van der Waals surface area contributed by atoms with Crippen molar-refractivity contribution in [2.45, 2.75) is 64.2 Å². The highest BCUT2D eigenvalue weighted by Crippen LogP contribution is 2.31. The van der Waals surface area contributed by atoms with E-state index in [1.165, 1.54) is 25.0 Å². The Labute approximate surface area is 252 Å². The molecule has 3 heterocycles. The van der Waals surface area contributed by atoms with Gasteiger partial charge in [0.15, 0.2) is 11.3 Å². The minimum atomic E-state index is -3.97. The molecule has 0 saturated carbocycles. The van der Waals surface area contributed by atoms with Crippen molar-refractivity contribution in [3.63, 3.8) is 0 Å². The highest BCUT2D eigenvalue weighted by Gasteiger charge is 2.21. The summed E-state index contributed by atoms with van der Waals surface area (Å²) in [7, 11) is -3.97. The lowest BCUT2D eigenvalue weighted by Crippen LogP contribution is -2.36. The first kappa shape index (κ1) is 30.6.